The van der Waals surface area contributed by atoms with Crippen molar-refractivity contribution in [2.45, 2.75) is 50.9 Å². The number of carbonyl (C=O) groups is 1. The van der Waals surface area contributed by atoms with Crippen LogP contribution in [-0.2, 0) is 25.1 Å². The summed E-state index contributed by atoms with van der Waals surface area (Å²) in [5, 5.41) is 0. The molecule has 4 heteroatoms. The van der Waals surface area contributed by atoms with Crippen LogP contribution < -0.4 is 0 Å². The minimum atomic E-state index is -1.19. The van der Waals surface area contributed by atoms with Crippen LogP contribution in [0.15, 0.2) is 60.7 Å². The summed E-state index contributed by atoms with van der Waals surface area (Å²) >= 11 is 0. The van der Waals surface area contributed by atoms with Gasteiger partial charge in [0.15, 0.2) is 0 Å². The molecule has 1 atom stereocenters. The molecule has 0 radical (unpaired) electrons. The lowest BCUT2D eigenvalue weighted by molar-refractivity contribution is -0.435. The molecule has 2 aromatic rings. The molecule has 140 valence electrons. The predicted octanol–water partition coefficient (Wildman–Crippen LogP) is 5.02. The van der Waals surface area contributed by atoms with Crippen molar-refractivity contribution >= 4 is 6.29 Å². The fraction of sp³-hybridized carbons (Fsp3) is 0.409. The van der Waals surface area contributed by atoms with E-state index < -0.39 is 5.79 Å². The molecule has 26 heavy (non-hydrogen) atoms. The van der Waals surface area contributed by atoms with Crippen molar-refractivity contribution in [1.82, 2.24) is 0 Å². The summed E-state index contributed by atoms with van der Waals surface area (Å²) in [5.41, 5.74) is 1.65. The molecule has 0 aromatic heterocycles. The van der Waals surface area contributed by atoms with Gasteiger partial charge in [-0.1, -0.05) is 86.8 Å². The van der Waals surface area contributed by atoms with Gasteiger partial charge < -0.3 is 9.53 Å². The first kappa shape index (κ1) is 20.3. The van der Waals surface area contributed by atoms with Crippen molar-refractivity contribution in [1.29, 1.82) is 0 Å². The Kier molecular flexibility index (Phi) is 8.48. The second-order valence-corrected chi connectivity index (χ2v) is 6.25. The molecule has 0 heterocycles. The summed E-state index contributed by atoms with van der Waals surface area (Å²) in [6.45, 7) is 2.15. The maximum Gasteiger partial charge on any atom is 0.253 e. The predicted molar refractivity (Wildman–Crippen MR) is 101 cm³/mol. The van der Waals surface area contributed by atoms with Gasteiger partial charge in [-0.2, -0.15) is 4.89 Å². The average Bonchev–Trinajstić information content (AvgIpc) is 2.70. The van der Waals surface area contributed by atoms with Crippen LogP contribution in [0.4, 0.5) is 0 Å². The van der Waals surface area contributed by atoms with Crippen LogP contribution in [0.2, 0.25) is 0 Å². The lowest BCUT2D eigenvalue weighted by Gasteiger charge is -2.33. The molecule has 0 aliphatic heterocycles. The quantitative estimate of drug-likeness (QED) is 0.176. The summed E-state index contributed by atoms with van der Waals surface area (Å²) < 4.78 is 5.83. The Bertz CT molecular complexity index is 588. The van der Waals surface area contributed by atoms with E-state index in [-0.39, 0.29) is 6.10 Å². The highest BCUT2D eigenvalue weighted by Gasteiger charge is 2.38. The van der Waals surface area contributed by atoms with Crippen LogP contribution in [-0.4, -0.2) is 19.5 Å². The minimum Gasteiger partial charge on any atom is -0.344 e. The molecule has 0 N–H and O–H groups in total. The van der Waals surface area contributed by atoms with Crippen LogP contribution in [0.3, 0.4) is 0 Å². The van der Waals surface area contributed by atoms with Gasteiger partial charge >= 0.3 is 0 Å². The van der Waals surface area contributed by atoms with Crippen molar-refractivity contribution in [3.8, 4) is 0 Å². The topological polar surface area (TPSA) is 44.8 Å². The lowest BCUT2D eigenvalue weighted by Crippen LogP contribution is -2.35. The third kappa shape index (κ3) is 5.24. The smallest absolute Gasteiger partial charge is 0.253 e. The van der Waals surface area contributed by atoms with E-state index in [2.05, 4.69) is 6.92 Å². The van der Waals surface area contributed by atoms with E-state index in [1.165, 1.54) is 0 Å². The average molecular weight is 356 g/mol. The Hall–Kier alpha value is -2.01. The van der Waals surface area contributed by atoms with Gasteiger partial charge in [0.05, 0.1) is 6.10 Å². The minimum absolute atomic E-state index is 0.291. The Balaban J connectivity index is 2.25. The number of rotatable bonds is 12. The molecular weight excluding hydrogens is 328 g/mol. The Morgan fingerprint density at radius 3 is 2.00 bits per heavy atom. The Labute approximate surface area is 156 Å². The SMILES string of the molecule is CCCCCC(CC=O)OOC(OC)(c1ccccc1)c1ccccc1. The maximum absolute atomic E-state index is 11.0. The number of ether oxygens (including phenoxy) is 1. The van der Waals surface area contributed by atoms with Crippen LogP contribution in [0.5, 0.6) is 0 Å². The summed E-state index contributed by atoms with van der Waals surface area (Å²) in [4.78, 5) is 22.7. The molecule has 0 fully saturated rings. The van der Waals surface area contributed by atoms with Crippen molar-refractivity contribution in [3.63, 3.8) is 0 Å². The standard InChI is InChI=1S/C22H28O4/c1-3-4-7-16-21(17-18-23)25-26-22(24-2,19-12-8-5-9-13-19)20-14-10-6-11-15-20/h5-6,8-15,18,21H,3-4,7,16-17H2,1-2H3. The molecule has 0 aliphatic rings. The van der Waals surface area contributed by atoms with Crippen LogP contribution in [0, 0.1) is 0 Å². The van der Waals surface area contributed by atoms with Crippen LogP contribution in [0.1, 0.15) is 50.2 Å². The highest BCUT2D eigenvalue weighted by atomic mass is 17.2. The second-order valence-electron chi connectivity index (χ2n) is 6.25. The zero-order valence-corrected chi connectivity index (χ0v) is 15.6. The zero-order chi connectivity index (χ0) is 18.7. The Morgan fingerprint density at radius 1 is 0.962 bits per heavy atom. The molecule has 4 nitrogen and oxygen atoms in total. The van der Waals surface area contributed by atoms with E-state index in [1.54, 1.807) is 7.11 Å². The molecule has 0 aliphatic carbocycles. The highest BCUT2D eigenvalue weighted by molar-refractivity contribution is 5.50. The molecule has 0 spiro atoms. The third-order valence-electron chi connectivity index (χ3n) is 4.39. The number of benzene rings is 2. The number of hydrogen-bond acceptors (Lipinski definition) is 4. The van der Waals surface area contributed by atoms with E-state index >= 15 is 0 Å². The van der Waals surface area contributed by atoms with Crippen molar-refractivity contribution < 1.29 is 19.3 Å². The van der Waals surface area contributed by atoms with E-state index in [0.717, 1.165) is 43.1 Å². The molecular formula is C22H28O4. The van der Waals surface area contributed by atoms with Crippen LogP contribution >= 0.6 is 0 Å². The van der Waals surface area contributed by atoms with Crippen molar-refractivity contribution in [2.75, 3.05) is 7.11 Å². The number of methoxy groups -OCH3 is 1. The fourth-order valence-electron chi connectivity index (χ4n) is 2.92. The van der Waals surface area contributed by atoms with Gasteiger partial charge in [-0.25, -0.2) is 4.89 Å². The van der Waals surface area contributed by atoms with Gasteiger partial charge in [0.1, 0.15) is 6.29 Å². The van der Waals surface area contributed by atoms with Gasteiger partial charge in [0, 0.05) is 24.7 Å². The van der Waals surface area contributed by atoms with E-state index in [0.29, 0.717) is 6.42 Å². The largest absolute Gasteiger partial charge is 0.344 e. The summed E-state index contributed by atoms with van der Waals surface area (Å²) in [6, 6.07) is 19.3. The number of unbranched alkanes of at least 4 members (excludes halogenated alkanes) is 2. The van der Waals surface area contributed by atoms with Crippen LogP contribution in [0.25, 0.3) is 0 Å². The second kappa shape index (κ2) is 10.9. The van der Waals surface area contributed by atoms with E-state index in [9.17, 15) is 4.79 Å². The molecule has 0 amide bonds. The van der Waals surface area contributed by atoms with Gasteiger partial charge in [0.25, 0.3) is 5.79 Å². The number of aldehydes is 1. The molecule has 0 bridgehead atoms. The monoisotopic (exact) mass is 356 g/mol. The van der Waals surface area contributed by atoms with E-state index in [1.807, 2.05) is 60.7 Å². The first-order valence-electron chi connectivity index (χ1n) is 9.21. The molecule has 1 unspecified atom stereocenters. The molecule has 2 aromatic carbocycles. The fourth-order valence-corrected chi connectivity index (χ4v) is 2.92. The van der Waals surface area contributed by atoms with Gasteiger partial charge in [-0.05, 0) is 6.42 Å². The Morgan fingerprint density at radius 2 is 1.54 bits per heavy atom. The first-order valence-corrected chi connectivity index (χ1v) is 9.21. The first-order chi connectivity index (χ1) is 12.8. The van der Waals surface area contributed by atoms with Gasteiger partial charge in [-0.15, -0.1) is 0 Å². The maximum atomic E-state index is 11.0. The summed E-state index contributed by atoms with van der Waals surface area (Å²) in [6.07, 6.45) is 4.87. The van der Waals surface area contributed by atoms with Gasteiger partial charge in [-0.3, -0.25) is 0 Å². The number of hydrogen-bond donors (Lipinski definition) is 0. The summed E-state index contributed by atoms with van der Waals surface area (Å²) in [5.74, 6) is -1.19. The van der Waals surface area contributed by atoms with Crippen molar-refractivity contribution in [2.24, 2.45) is 0 Å². The van der Waals surface area contributed by atoms with Crippen molar-refractivity contribution in [3.05, 3.63) is 71.8 Å². The molecule has 2 rings (SSSR count). The number of carbonyl (C=O) groups excluding carboxylic acids is 1. The summed E-state index contributed by atoms with van der Waals surface area (Å²) in [7, 11) is 1.59. The highest BCUT2D eigenvalue weighted by Crippen LogP contribution is 2.35. The third-order valence-corrected chi connectivity index (χ3v) is 4.39. The molecule has 0 saturated carbocycles. The molecule has 0 saturated heterocycles. The van der Waals surface area contributed by atoms with Gasteiger partial charge in [0.2, 0.25) is 0 Å². The lowest BCUT2D eigenvalue weighted by atomic mass is 9.97. The normalized spacial score (nSPS) is 12.7. The zero-order valence-electron chi connectivity index (χ0n) is 15.6. The van der Waals surface area contributed by atoms with E-state index in [4.69, 9.17) is 14.5 Å².